The average Bonchev–Trinajstić information content (AvgIpc) is 2.53. The van der Waals surface area contributed by atoms with Crippen molar-refractivity contribution in [3.63, 3.8) is 0 Å². The molecule has 0 amide bonds. The molecule has 0 unspecified atom stereocenters. The van der Waals surface area contributed by atoms with Crippen molar-refractivity contribution in [3.05, 3.63) is 0 Å². The SMILES string of the molecule is CN=C(NCCS(=O)(=O)N1CCSCC1)N1CCC(C)CC1.I. The second-order valence-corrected chi connectivity index (χ2v) is 9.28. The van der Waals surface area contributed by atoms with Crippen molar-refractivity contribution in [2.45, 2.75) is 19.8 Å². The quantitative estimate of drug-likeness (QED) is 0.377. The minimum Gasteiger partial charge on any atom is -0.355 e. The number of nitrogens with one attached hydrogen (secondary N) is 1. The number of likely N-dealkylation sites (tertiary alicyclic amines) is 1. The second-order valence-electron chi connectivity index (χ2n) is 5.97. The normalized spacial score (nSPS) is 21.8. The first-order valence-corrected chi connectivity index (χ1v) is 10.8. The van der Waals surface area contributed by atoms with Gasteiger partial charge in [0.05, 0.1) is 5.75 Å². The molecule has 0 saturated carbocycles. The largest absolute Gasteiger partial charge is 0.355 e. The van der Waals surface area contributed by atoms with Gasteiger partial charge in [0.1, 0.15) is 0 Å². The molecule has 0 aromatic rings. The molecule has 2 aliphatic rings. The van der Waals surface area contributed by atoms with Crippen molar-refractivity contribution in [2.75, 3.05) is 57.0 Å². The van der Waals surface area contributed by atoms with E-state index in [-0.39, 0.29) is 29.7 Å². The van der Waals surface area contributed by atoms with E-state index in [0.29, 0.717) is 19.6 Å². The Labute approximate surface area is 161 Å². The average molecular weight is 476 g/mol. The standard InChI is InChI=1S/C14H28N4O2S2.HI/c1-13-3-6-17(7-4-13)14(15-2)16-5-12-22(19,20)18-8-10-21-11-9-18;/h13H,3-12H2,1-2H3,(H,15,16);1H. The van der Waals surface area contributed by atoms with Crippen molar-refractivity contribution < 1.29 is 8.42 Å². The van der Waals surface area contributed by atoms with E-state index in [1.54, 1.807) is 11.4 Å². The van der Waals surface area contributed by atoms with Crippen LogP contribution in [-0.4, -0.2) is 80.6 Å². The fraction of sp³-hybridized carbons (Fsp3) is 0.929. The minimum absolute atomic E-state index is 0. The molecule has 2 saturated heterocycles. The van der Waals surface area contributed by atoms with Crippen molar-refractivity contribution in [1.29, 1.82) is 0 Å². The molecular weight excluding hydrogens is 447 g/mol. The maximum absolute atomic E-state index is 12.3. The molecule has 0 aliphatic carbocycles. The summed E-state index contributed by atoms with van der Waals surface area (Å²) in [6, 6.07) is 0. The fourth-order valence-electron chi connectivity index (χ4n) is 2.80. The highest BCUT2D eigenvalue weighted by atomic mass is 127. The van der Waals surface area contributed by atoms with Crippen LogP contribution in [0, 0.1) is 5.92 Å². The summed E-state index contributed by atoms with van der Waals surface area (Å²) < 4.78 is 26.2. The van der Waals surface area contributed by atoms with E-state index < -0.39 is 10.0 Å². The van der Waals surface area contributed by atoms with Crippen LogP contribution in [0.15, 0.2) is 4.99 Å². The summed E-state index contributed by atoms with van der Waals surface area (Å²) in [6.45, 7) is 5.98. The highest BCUT2D eigenvalue weighted by molar-refractivity contribution is 14.0. The van der Waals surface area contributed by atoms with E-state index in [0.717, 1.165) is 36.5 Å². The number of aliphatic imine (C=N–C) groups is 1. The lowest BCUT2D eigenvalue weighted by molar-refractivity contribution is 0.274. The molecule has 1 N–H and O–H groups in total. The van der Waals surface area contributed by atoms with Gasteiger partial charge in [-0.25, -0.2) is 12.7 Å². The molecule has 9 heteroatoms. The Morgan fingerprint density at radius 1 is 1.22 bits per heavy atom. The third-order valence-electron chi connectivity index (χ3n) is 4.30. The Morgan fingerprint density at radius 3 is 2.39 bits per heavy atom. The smallest absolute Gasteiger partial charge is 0.215 e. The van der Waals surface area contributed by atoms with Crippen LogP contribution in [-0.2, 0) is 10.0 Å². The molecule has 2 rings (SSSR count). The van der Waals surface area contributed by atoms with Crippen molar-refractivity contribution in [3.8, 4) is 0 Å². The molecule has 0 aromatic carbocycles. The van der Waals surface area contributed by atoms with E-state index in [1.165, 1.54) is 12.8 Å². The molecule has 2 aliphatic heterocycles. The van der Waals surface area contributed by atoms with Crippen LogP contribution in [0.3, 0.4) is 0 Å². The topological polar surface area (TPSA) is 65.0 Å². The number of piperidine rings is 1. The molecule has 136 valence electrons. The van der Waals surface area contributed by atoms with Gasteiger partial charge in [0, 0.05) is 51.3 Å². The third-order valence-corrected chi connectivity index (χ3v) is 7.12. The second kappa shape index (κ2) is 10.3. The van der Waals surface area contributed by atoms with Gasteiger partial charge in [0.15, 0.2) is 5.96 Å². The van der Waals surface area contributed by atoms with Crippen LogP contribution in [0.1, 0.15) is 19.8 Å². The Kier molecular flexibility index (Phi) is 9.54. The zero-order chi connectivity index (χ0) is 16.0. The number of hydrogen-bond donors (Lipinski definition) is 1. The minimum atomic E-state index is -3.14. The van der Waals surface area contributed by atoms with Gasteiger partial charge in [-0.05, 0) is 18.8 Å². The van der Waals surface area contributed by atoms with Gasteiger partial charge in [-0.2, -0.15) is 11.8 Å². The number of rotatable bonds is 4. The Bertz CT molecular complexity index is 473. The predicted molar refractivity (Wildman–Crippen MR) is 109 cm³/mol. The zero-order valence-electron chi connectivity index (χ0n) is 14.0. The predicted octanol–water partition coefficient (Wildman–Crippen LogP) is 1.29. The van der Waals surface area contributed by atoms with Gasteiger partial charge < -0.3 is 10.2 Å². The van der Waals surface area contributed by atoms with Crippen LogP contribution in [0.5, 0.6) is 0 Å². The molecule has 0 bridgehead atoms. The van der Waals surface area contributed by atoms with Gasteiger partial charge in [0.25, 0.3) is 0 Å². The van der Waals surface area contributed by atoms with Gasteiger partial charge in [-0.15, -0.1) is 24.0 Å². The number of sulfonamides is 1. The lowest BCUT2D eigenvalue weighted by atomic mass is 10.00. The fourth-order valence-corrected chi connectivity index (χ4v) is 5.29. The Hall–Kier alpha value is 0.260. The number of hydrogen-bond acceptors (Lipinski definition) is 4. The molecular formula is C14H29IN4O2S2. The number of guanidine groups is 1. The molecule has 0 radical (unpaired) electrons. The highest BCUT2D eigenvalue weighted by Crippen LogP contribution is 2.16. The summed E-state index contributed by atoms with van der Waals surface area (Å²) >= 11 is 1.82. The van der Waals surface area contributed by atoms with Gasteiger partial charge in [-0.3, -0.25) is 4.99 Å². The lowest BCUT2D eigenvalue weighted by Crippen LogP contribution is -2.47. The van der Waals surface area contributed by atoms with Crippen molar-refractivity contribution in [1.82, 2.24) is 14.5 Å². The molecule has 23 heavy (non-hydrogen) atoms. The summed E-state index contributed by atoms with van der Waals surface area (Å²) in [6.07, 6.45) is 2.34. The summed E-state index contributed by atoms with van der Waals surface area (Å²) in [5.74, 6) is 3.55. The van der Waals surface area contributed by atoms with Gasteiger partial charge in [0.2, 0.25) is 10.0 Å². The van der Waals surface area contributed by atoms with E-state index in [1.807, 2.05) is 11.8 Å². The third kappa shape index (κ3) is 6.58. The first kappa shape index (κ1) is 21.3. The number of halogens is 1. The lowest BCUT2D eigenvalue weighted by Gasteiger charge is -2.33. The summed E-state index contributed by atoms with van der Waals surface area (Å²) in [4.78, 5) is 6.51. The summed E-state index contributed by atoms with van der Waals surface area (Å²) in [7, 11) is -1.38. The van der Waals surface area contributed by atoms with Crippen LogP contribution in [0.4, 0.5) is 0 Å². The number of nitrogens with zero attached hydrogens (tertiary/aromatic N) is 3. The van der Waals surface area contributed by atoms with Gasteiger partial charge in [-0.1, -0.05) is 6.92 Å². The molecule has 6 nitrogen and oxygen atoms in total. The Balaban J connectivity index is 0.00000264. The summed E-state index contributed by atoms with van der Waals surface area (Å²) in [5, 5.41) is 3.21. The molecule has 0 atom stereocenters. The van der Waals surface area contributed by atoms with E-state index >= 15 is 0 Å². The van der Waals surface area contributed by atoms with Gasteiger partial charge >= 0.3 is 0 Å². The van der Waals surface area contributed by atoms with Crippen LogP contribution in [0.2, 0.25) is 0 Å². The maximum Gasteiger partial charge on any atom is 0.215 e. The van der Waals surface area contributed by atoms with E-state index in [9.17, 15) is 8.42 Å². The van der Waals surface area contributed by atoms with Crippen molar-refractivity contribution in [2.24, 2.45) is 10.9 Å². The van der Waals surface area contributed by atoms with E-state index in [4.69, 9.17) is 0 Å². The van der Waals surface area contributed by atoms with Crippen molar-refractivity contribution >= 4 is 51.7 Å². The summed E-state index contributed by atoms with van der Waals surface area (Å²) in [5.41, 5.74) is 0. The molecule has 0 aromatic heterocycles. The van der Waals surface area contributed by atoms with E-state index in [2.05, 4.69) is 22.1 Å². The highest BCUT2D eigenvalue weighted by Gasteiger charge is 2.24. The monoisotopic (exact) mass is 476 g/mol. The van der Waals surface area contributed by atoms with Crippen LogP contribution < -0.4 is 5.32 Å². The maximum atomic E-state index is 12.3. The van der Waals surface area contributed by atoms with Crippen LogP contribution in [0.25, 0.3) is 0 Å². The Morgan fingerprint density at radius 2 is 1.83 bits per heavy atom. The van der Waals surface area contributed by atoms with Crippen LogP contribution >= 0.6 is 35.7 Å². The molecule has 2 heterocycles. The first-order valence-electron chi connectivity index (χ1n) is 8.04. The molecule has 2 fully saturated rings. The number of thioether (sulfide) groups is 1. The first-order chi connectivity index (χ1) is 10.5. The zero-order valence-corrected chi connectivity index (χ0v) is 18.0. The molecule has 0 spiro atoms.